The summed E-state index contributed by atoms with van der Waals surface area (Å²) in [6.45, 7) is 2.04. The van der Waals surface area contributed by atoms with Crippen LogP contribution < -0.4 is 5.32 Å². The normalized spacial score (nSPS) is 30.8. The van der Waals surface area contributed by atoms with Crippen molar-refractivity contribution in [2.45, 2.75) is 50.2 Å². The van der Waals surface area contributed by atoms with E-state index in [4.69, 9.17) is 9.47 Å². The smallest absolute Gasteiger partial charge is 0.222 e. The van der Waals surface area contributed by atoms with Gasteiger partial charge in [0.15, 0.2) is 0 Å². The first kappa shape index (κ1) is 18.3. The maximum atomic E-state index is 11.6. The van der Waals surface area contributed by atoms with Gasteiger partial charge in [0.1, 0.15) is 0 Å². The predicted octanol–water partition coefficient (Wildman–Crippen LogP) is 0.327. The number of aliphatic hydroxyl groups is 1. The molecule has 1 aromatic rings. The fraction of sp³-hybridized carbons (Fsp3) is 0.667. The lowest BCUT2D eigenvalue weighted by Crippen LogP contribution is -2.55. The molecule has 25 heavy (non-hydrogen) atoms. The summed E-state index contributed by atoms with van der Waals surface area (Å²) in [5, 5.41) is 12.8. The Morgan fingerprint density at radius 2 is 2.16 bits per heavy atom. The van der Waals surface area contributed by atoms with Gasteiger partial charge < -0.3 is 19.9 Å². The number of nitrogens with zero attached hydrogens (tertiary/aromatic N) is 2. The van der Waals surface area contributed by atoms with Gasteiger partial charge in [0.25, 0.3) is 0 Å². The Morgan fingerprint density at radius 1 is 1.36 bits per heavy atom. The molecule has 1 amide bonds. The number of hydrogen-bond donors (Lipinski definition) is 2. The molecule has 0 saturated carbocycles. The molecule has 4 atom stereocenters. The second-order valence-corrected chi connectivity index (χ2v) is 6.79. The Balaban J connectivity index is 1.69. The summed E-state index contributed by atoms with van der Waals surface area (Å²) >= 11 is 0. The maximum absolute atomic E-state index is 11.6. The molecule has 2 saturated heterocycles. The number of aromatic nitrogens is 1. The second kappa shape index (κ2) is 8.71. The van der Waals surface area contributed by atoms with Crippen LogP contribution in [0.1, 0.15) is 24.8 Å². The highest BCUT2D eigenvalue weighted by atomic mass is 16.5. The number of hydrogen-bond acceptors (Lipinski definition) is 6. The molecule has 138 valence electrons. The molecule has 2 N–H and O–H groups in total. The Bertz CT molecular complexity index is 557. The van der Waals surface area contributed by atoms with Crippen molar-refractivity contribution in [1.29, 1.82) is 0 Å². The molecule has 0 radical (unpaired) electrons. The third kappa shape index (κ3) is 4.98. The van der Waals surface area contributed by atoms with E-state index in [1.165, 1.54) is 0 Å². The van der Waals surface area contributed by atoms with Gasteiger partial charge in [0, 0.05) is 38.6 Å². The average Bonchev–Trinajstić information content (AvgIpc) is 2.61. The summed E-state index contributed by atoms with van der Waals surface area (Å²) in [6, 6.07) is 4.16. The zero-order valence-electron chi connectivity index (χ0n) is 14.6. The van der Waals surface area contributed by atoms with Gasteiger partial charge in [-0.2, -0.15) is 0 Å². The van der Waals surface area contributed by atoms with E-state index in [0.29, 0.717) is 26.2 Å². The molecule has 7 nitrogen and oxygen atoms in total. The summed E-state index contributed by atoms with van der Waals surface area (Å²) < 4.78 is 11.8. The number of pyridine rings is 1. The number of aliphatic hydroxyl groups excluding tert-OH is 1. The van der Waals surface area contributed by atoms with Gasteiger partial charge in [-0.3, -0.25) is 14.7 Å². The third-order valence-electron chi connectivity index (χ3n) is 4.91. The highest BCUT2D eigenvalue weighted by molar-refractivity contribution is 5.76. The largest absolute Gasteiger partial charge is 0.389 e. The van der Waals surface area contributed by atoms with E-state index in [1.807, 2.05) is 12.1 Å². The van der Waals surface area contributed by atoms with Crippen molar-refractivity contribution in [3.8, 4) is 0 Å². The minimum atomic E-state index is -0.508. The fourth-order valence-electron chi connectivity index (χ4n) is 3.66. The average molecular weight is 349 g/mol. The molecule has 0 bridgehead atoms. The number of amides is 1. The summed E-state index contributed by atoms with van der Waals surface area (Å²) in [5.74, 6) is -0.000670. The number of ether oxygens (including phenoxy) is 2. The molecule has 2 fully saturated rings. The van der Waals surface area contributed by atoms with Crippen LogP contribution in [0.5, 0.6) is 0 Å². The lowest BCUT2D eigenvalue weighted by atomic mass is 9.94. The molecule has 3 rings (SSSR count). The van der Waals surface area contributed by atoms with Crippen LogP contribution >= 0.6 is 0 Å². The van der Waals surface area contributed by atoms with Crippen molar-refractivity contribution in [1.82, 2.24) is 15.2 Å². The Kier molecular flexibility index (Phi) is 6.36. The van der Waals surface area contributed by atoms with Crippen molar-refractivity contribution in [2.24, 2.45) is 0 Å². The minimum absolute atomic E-state index is 0.000670. The van der Waals surface area contributed by atoms with Crippen molar-refractivity contribution in [3.63, 3.8) is 0 Å². The van der Waals surface area contributed by atoms with E-state index in [-0.39, 0.29) is 24.2 Å². The van der Waals surface area contributed by atoms with Crippen LogP contribution in [0.2, 0.25) is 0 Å². The van der Waals surface area contributed by atoms with Crippen molar-refractivity contribution < 1.29 is 19.4 Å². The second-order valence-electron chi connectivity index (χ2n) is 6.79. The number of carbonyl (C=O) groups is 1. The van der Waals surface area contributed by atoms with Crippen LogP contribution in [-0.4, -0.2) is 72.1 Å². The van der Waals surface area contributed by atoms with Crippen LogP contribution in [0.25, 0.3) is 0 Å². The number of carbonyl (C=O) groups excluding carboxylic acids is 1. The summed E-state index contributed by atoms with van der Waals surface area (Å²) in [7, 11) is 1.64. The fourth-order valence-corrected chi connectivity index (χ4v) is 3.66. The van der Waals surface area contributed by atoms with E-state index >= 15 is 0 Å². The molecule has 0 aromatic carbocycles. The molecule has 1 aromatic heterocycles. The van der Waals surface area contributed by atoms with E-state index < -0.39 is 6.10 Å². The van der Waals surface area contributed by atoms with Gasteiger partial charge in [-0.15, -0.1) is 0 Å². The standard InChI is InChI=1S/C18H27N3O4/c1-19-18(23)8-15-2-3-16-17(25-15)12-24-11-14(22)10-21(16)9-13-4-6-20-7-5-13/h4-7,14-17,22H,2-3,8-12H2,1H3,(H,19,23)/t14-,15-,16+,17-/m0/s1. The Morgan fingerprint density at radius 3 is 2.92 bits per heavy atom. The van der Waals surface area contributed by atoms with Crippen LogP contribution in [0.15, 0.2) is 24.5 Å². The summed E-state index contributed by atoms with van der Waals surface area (Å²) in [5.41, 5.74) is 1.16. The molecule has 2 aliphatic rings. The molecule has 3 heterocycles. The van der Waals surface area contributed by atoms with Gasteiger partial charge in [-0.05, 0) is 30.5 Å². The van der Waals surface area contributed by atoms with Crippen LogP contribution in [-0.2, 0) is 20.8 Å². The zero-order chi connectivity index (χ0) is 17.6. The first-order chi connectivity index (χ1) is 12.2. The third-order valence-corrected chi connectivity index (χ3v) is 4.91. The van der Waals surface area contributed by atoms with Crippen molar-refractivity contribution >= 4 is 5.91 Å². The van der Waals surface area contributed by atoms with Crippen LogP contribution in [0.4, 0.5) is 0 Å². The quantitative estimate of drug-likeness (QED) is 0.815. The monoisotopic (exact) mass is 349 g/mol. The first-order valence-corrected chi connectivity index (χ1v) is 8.90. The zero-order valence-corrected chi connectivity index (χ0v) is 14.6. The molecule has 0 spiro atoms. The number of fused-ring (bicyclic) bond motifs is 1. The number of β-amino-alcohol motifs (C(OH)–C–C–N with tert-alkyl or cyclic N) is 1. The highest BCUT2D eigenvalue weighted by Gasteiger charge is 2.37. The predicted molar refractivity (Wildman–Crippen MR) is 91.8 cm³/mol. The molecule has 0 aliphatic carbocycles. The minimum Gasteiger partial charge on any atom is -0.389 e. The summed E-state index contributed by atoms with van der Waals surface area (Å²) in [6.07, 6.45) is 5.04. The SMILES string of the molecule is CNC(=O)C[C@@H]1CC[C@@H]2[C@H](COC[C@@H](O)CN2Cc2ccncc2)O1. The van der Waals surface area contributed by atoms with E-state index in [2.05, 4.69) is 15.2 Å². The van der Waals surface area contributed by atoms with Gasteiger partial charge in [-0.25, -0.2) is 0 Å². The Labute approximate surface area is 148 Å². The van der Waals surface area contributed by atoms with Gasteiger partial charge in [0.2, 0.25) is 5.91 Å². The molecular weight excluding hydrogens is 322 g/mol. The molecular formula is C18H27N3O4. The number of nitrogens with one attached hydrogen (secondary N) is 1. The molecule has 0 unspecified atom stereocenters. The lowest BCUT2D eigenvalue weighted by Gasteiger charge is -2.44. The topological polar surface area (TPSA) is 83.9 Å². The maximum Gasteiger partial charge on any atom is 0.222 e. The highest BCUT2D eigenvalue weighted by Crippen LogP contribution is 2.28. The first-order valence-electron chi connectivity index (χ1n) is 8.90. The van der Waals surface area contributed by atoms with E-state index in [0.717, 1.165) is 24.9 Å². The number of rotatable bonds is 4. The Hall–Kier alpha value is -1.54. The van der Waals surface area contributed by atoms with Crippen LogP contribution in [0.3, 0.4) is 0 Å². The van der Waals surface area contributed by atoms with E-state index in [9.17, 15) is 9.90 Å². The van der Waals surface area contributed by atoms with Crippen molar-refractivity contribution in [3.05, 3.63) is 30.1 Å². The van der Waals surface area contributed by atoms with Gasteiger partial charge in [0.05, 0.1) is 37.9 Å². The van der Waals surface area contributed by atoms with Gasteiger partial charge >= 0.3 is 0 Å². The van der Waals surface area contributed by atoms with Crippen LogP contribution in [0, 0.1) is 0 Å². The van der Waals surface area contributed by atoms with E-state index in [1.54, 1.807) is 19.4 Å². The molecule has 2 aliphatic heterocycles. The molecule has 7 heteroatoms. The lowest BCUT2D eigenvalue weighted by molar-refractivity contribution is -0.158. The summed E-state index contributed by atoms with van der Waals surface area (Å²) in [4.78, 5) is 18.0. The van der Waals surface area contributed by atoms with Crippen molar-refractivity contribution in [2.75, 3.05) is 26.8 Å². The van der Waals surface area contributed by atoms with Gasteiger partial charge in [-0.1, -0.05) is 0 Å².